The van der Waals surface area contributed by atoms with Crippen molar-refractivity contribution < 1.29 is 8.78 Å². The Morgan fingerprint density at radius 3 is 2.50 bits per heavy atom. The summed E-state index contributed by atoms with van der Waals surface area (Å²) in [7, 11) is 0. The Kier molecular flexibility index (Phi) is 3.72. The van der Waals surface area contributed by atoms with Gasteiger partial charge in [0, 0.05) is 36.1 Å². The van der Waals surface area contributed by atoms with Crippen LogP contribution < -0.4 is 5.32 Å². The first-order valence-corrected chi connectivity index (χ1v) is 5.78. The summed E-state index contributed by atoms with van der Waals surface area (Å²) < 4.78 is 26.2. The van der Waals surface area contributed by atoms with Gasteiger partial charge < -0.3 is 10.3 Å². The number of imidazole rings is 1. The van der Waals surface area contributed by atoms with Crippen molar-refractivity contribution in [2.45, 2.75) is 26.4 Å². The molecule has 0 saturated carbocycles. The van der Waals surface area contributed by atoms with Crippen molar-refractivity contribution in [2.24, 2.45) is 0 Å². The van der Waals surface area contributed by atoms with Gasteiger partial charge in [-0.25, -0.2) is 13.8 Å². The second kappa shape index (κ2) is 5.27. The first kappa shape index (κ1) is 12.7. The monoisotopic (exact) mass is 251 g/mol. The van der Waals surface area contributed by atoms with Crippen LogP contribution in [0.4, 0.5) is 8.78 Å². The van der Waals surface area contributed by atoms with E-state index in [-0.39, 0.29) is 0 Å². The summed E-state index contributed by atoms with van der Waals surface area (Å²) in [6.07, 6.45) is 1.66. The number of rotatable bonds is 4. The largest absolute Gasteiger partial charge is 0.341 e. The molecule has 2 N–H and O–H groups in total. The van der Waals surface area contributed by atoms with E-state index in [1.54, 1.807) is 6.20 Å². The lowest BCUT2D eigenvalue weighted by molar-refractivity contribution is 0.582. The Morgan fingerprint density at radius 1 is 1.22 bits per heavy atom. The number of hydrogen-bond donors (Lipinski definition) is 2. The maximum atomic E-state index is 13.1. The average molecular weight is 251 g/mol. The maximum absolute atomic E-state index is 13.1. The van der Waals surface area contributed by atoms with Gasteiger partial charge in [-0.2, -0.15) is 0 Å². The molecular formula is C13H15F2N3. The molecule has 1 aromatic carbocycles. The maximum Gasteiger partial charge on any atom is 0.137 e. The lowest BCUT2D eigenvalue weighted by Gasteiger charge is -2.05. The molecule has 18 heavy (non-hydrogen) atoms. The van der Waals surface area contributed by atoms with Crippen LogP contribution >= 0.6 is 0 Å². The molecule has 0 amide bonds. The molecule has 0 spiro atoms. The molecule has 96 valence electrons. The van der Waals surface area contributed by atoms with Crippen LogP contribution in [0.15, 0.2) is 24.4 Å². The Hall–Kier alpha value is -1.75. The molecule has 0 fully saturated rings. The van der Waals surface area contributed by atoms with Crippen molar-refractivity contribution >= 4 is 0 Å². The van der Waals surface area contributed by atoms with Crippen LogP contribution in [0.2, 0.25) is 0 Å². The van der Waals surface area contributed by atoms with E-state index in [0.29, 0.717) is 24.0 Å². The van der Waals surface area contributed by atoms with Crippen molar-refractivity contribution in [2.75, 3.05) is 0 Å². The Balaban J connectivity index is 2.18. The van der Waals surface area contributed by atoms with E-state index in [2.05, 4.69) is 15.3 Å². The van der Waals surface area contributed by atoms with E-state index >= 15 is 0 Å². The van der Waals surface area contributed by atoms with Crippen molar-refractivity contribution in [3.05, 3.63) is 41.7 Å². The summed E-state index contributed by atoms with van der Waals surface area (Å²) >= 11 is 0. The van der Waals surface area contributed by atoms with Crippen LogP contribution in [0.1, 0.15) is 19.5 Å². The van der Waals surface area contributed by atoms with E-state index in [1.807, 2.05) is 13.8 Å². The number of hydrogen-bond acceptors (Lipinski definition) is 2. The second-order valence-corrected chi connectivity index (χ2v) is 4.45. The zero-order valence-corrected chi connectivity index (χ0v) is 10.3. The molecule has 0 saturated heterocycles. The van der Waals surface area contributed by atoms with E-state index in [9.17, 15) is 8.78 Å². The molecular weight excluding hydrogens is 236 g/mol. The highest BCUT2D eigenvalue weighted by atomic mass is 19.1. The highest BCUT2D eigenvalue weighted by Crippen LogP contribution is 2.18. The number of aromatic nitrogens is 2. The van der Waals surface area contributed by atoms with Crippen molar-refractivity contribution in [3.63, 3.8) is 0 Å². The van der Waals surface area contributed by atoms with Gasteiger partial charge in [0.05, 0.1) is 0 Å². The number of aromatic amines is 1. The standard InChI is InChI=1S/C13H15F2N3/c1-8(2)16-6-12-7-17-13(18-12)9-3-10(14)5-11(15)4-9/h3-5,7-8,16H,6H2,1-2H3,(H,17,18). The molecule has 3 nitrogen and oxygen atoms in total. The first-order valence-electron chi connectivity index (χ1n) is 5.78. The predicted molar refractivity (Wildman–Crippen MR) is 65.9 cm³/mol. The summed E-state index contributed by atoms with van der Waals surface area (Å²) in [5.74, 6) is -0.750. The molecule has 0 aliphatic heterocycles. The average Bonchev–Trinajstić information content (AvgIpc) is 2.73. The number of nitrogens with one attached hydrogen (secondary N) is 2. The first-order chi connectivity index (χ1) is 8.54. The molecule has 2 rings (SSSR count). The predicted octanol–water partition coefficient (Wildman–Crippen LogP) is 2.85. The van der Waals surface area contributed by atoms with Crippen LogP contribution in [-0.2, 0) is 6.54 Å². The molecule has 0 bridgehead atoms. The molecule has 0 aliphatic rings. The Bertz CT molecular complexity index is 515. The molecule has 2 aromatic rings. The molecule has 0 aliphatic carbocycles. The molecule has 1 heterocycles. The molecule has 0 unspecified atom stereocenters. The molecule has 1 aromatic heterocycles. The summed E-state index contributed by atoms with van der Waals surface area (Å²) in [5, 5.41) is 3.23. The Morgan fingerprint density at radius 2 is 1.89 bits per heavy atom. The minimum atomic E-state index is -0.608. The SMILES string of the molecule is CC(C)NCc1cnc(-c2cc(F)cc(F)c2)[nH]1. The van der Waals surface area contributed by atoms with Gasteiger partial charge in [0.2, 0.25) is 0 Å². The topological polar surface area (TPSA) is 40.7 Å². The molecule has 0 atom stereocenters. The minimum absolute atomic E-state index is 0.364. The summed E-state index contributed by atoms with van der Waals surface area (Å²) in [4.78, 5) is 7.15. The van der Waals surface area contributed by atoms with Crippen LogP contribution in [0, 0.1) is 11.6 Å². The summed E-state index contributed by atoms with van der Waals surface area (Å²) in [5.41, 5.74) is 1.28. The zero-order chi connectivity index (χ0) is 13.1. The van der Waals surface area contributed by atoms with Gasteiger partial charge in [-0.05, 0) is 12.1 Å². The Labute approximate surface area is 104 Å². The van der Waals surface area contributed by atoms with Crippen LogP contribution in [0.25, 0.3) is 11.4 Å². The lowest BCUT2D eigenvalue weighted by Crippen LogP contribution is -2.21. The number of H-pyrrole nitrogens is 1. The lowest BCUT2D eigenvalue weighted by atomic mass is 10.2. The highest BCUT2D eigenvalue weighted by Gasteiger charge is 2.07. The van der Waals surface area contributed by atoms with Gasteiger partial charge in [0.1, 0.15) is 17.5 Å². The quantitative estimate of drug-likeness (QED) is 0.877. The van der Waals surface area contributed by atoms with Crippen molar-refractivity contribution in [1.29, 1.82) is 0 Å². The zero-order valence-electron chi connectivity index (χ0n) is 10.3. The van der Waals surface area contributed by atoms with Gasteiger partial charge >= 0.3 is 0 Å². The van der Waals surface area contributed by atoms with E-state index < -0.39 is 11.6 Å². The highest BCUT2D eigenvalue weighted by molar-refractivity contribution is 5.55. The third-order valence-corrected chi connectivity index (χ3v) is 2.47. The van der Waals surface area contributed by atoms with Crippen molar-refractivity contribution in [1.82, 2.24) is 15.3 Å². The fraction of sp³-hybridized carbons (Fsp3) is 0.308. The molecule has 0 radical (unpaired) electrons. The van der Waals surface area contributed by atoms with Crippen LogP contribution in [0.5, 0.6) is 0 Å². The smallest absolute Gasteiger partial charge is 0.137 e. The molecule has 5 heteroatoms. The third kappa shape index (κ3) is 3.13. The normalized spacial score (nSPS) is 11.2. The van der Waals surface area contributed by atoms with Gasteiger partial charge in [0.25, 0.3) is 0 Å². The fourth-order valence-electron chi connectivity index (χ4n) is 1.60. The number of halogens is 2. The van der Waals surface area contributed by atoms with Crippen LogP contribution in [-0.4, -0.2) is 16.0 Å². The van der Waals surface area contributed by atoms with Gasteiger partial charge in [-0.3, -0.25) is 0 Å². The summed E-state index contributed by atoms with van der Waals surface area (Å²) in [6.45, 7) is 4.72. The van der Waals surface area contributed by atoms with E-state index in [1.165, 1.54) is 12.1 Å². The van der Waals surface area contributed by atoms with E-state index in [4.69, 9.17) is 0 Å². The van der Waals surface area contributed by atoms with E-state index in [0.717, 1.165) is 11.8 Å². The minimum Gasteiger partial charge on any atom is -0.341 e. The summed E-state index contributed by atoms with van der Waals surface area (Å²) in [6, 6.07) is 3.71. The van der Waals surface area contributed by atoms with Crippen LogP contribution in [0.3, 0.4) is 0 Å². The number of nitrogens with zero attached hydrogens (tertiary/aromatic N) is 1. The van der Waals surface area contributed by atoms with Gasteiger partial charge in [-0.1, -0.05) is 13.8 Å². The van der Waals surface area contributed by atoms with Gasteiger partial charge in [0.15, 0.2) is 0 Å². The fourth-order valence-corrected chi connectivity index (χ4v) is 1.60. The third-order valence-electron chi connectivity index (χ3n) is 2.47. The second-order valence-electron chi connectivity index (χ2n) is 4.45. The number of benzene rings is 1. The van der Waals surface area contributed by atoms with Crippen molar-refractivity contribution in [3.8, 4) is 11.4 Å². The van der Waals surface area contributed by atoms with Gasteiger partial charge in [-0.15, -0.1) is 0 Å².